The highest BCUT2D eigenvalue weighted by molar-refractivity contribution is 5.95. The van der Waals surface area contributed by atoms with Crippen molar-refractivity contribution in [3.8, 4) is 0 Å². The van der Waals surface area contributed by atoms with E-state index >= 15 is 0 Å². The standard InChI is InChI=1S/C24H22N10O2.2C2H6.H2/c1-31-11-10-19(28-31)24(36)33-14-12-32(13-15-33)23(35)16-6-8-17(9-7-16)25-21-22-27-29-30-34(22)20-5-3-2-4-18(20)26-21;2*1-2;/h2-11H,12-15H2,1H3,(H,25,26);2*1-2H3;1H. The number of fused-ring (bicyclic) bond motifs is 3. The minimum atomic E-state index is -0.114. The van der Waals surface area contributed by atoms with Crippen LogP contribution in [0, 0.1) is 0 Å². The third-order valence-corrected chi connectivity index (χ3v) is 6.20. The number of amides is 2. The largest absolute Gasteiger partial charge is 0.337 e. The zero-order valence-electron chi connectivity index (χ0n) is 23.4. The van der Waals surface area contributed by atoms with E-state index in [0.717, 1.165) is 16.7 Å². The first-order chi connectivity index (χ1) is 19.6. The number of hydrogen-bond acceptors (Lipinski definition) is 8. The molecule has 5 aromatic rings. The number of benzene rings is 2. The molecule has 1 aliphatic heterocycles. The molecule has 2 amide bonds. The van der Waals surface area contributed by atoms with Crippen LogP contribution in [0.1, 0.15) is 50.0 Å². The molecule has 1 fully saturated rings. The topological polar surface area (TPSA) is 126 Å². The summed E-state index contributed by atoms with van der Waals surface area (Å²) in [5, 5.41) is 19.4. The molecule has 12 nitrogen and oxygen atoms in total. The first kappa shape index (κ1) is 28.1. The number of hydrogen-bond donors (Lipinski definition) is 1. The lowest BCUT2D eigenvalue weighted by Crippen LogP contribution is -2.50. The fraction of sp³-hybridized carbons (Fsp3) is 0.321. The van der Waals surface area contributed by atoms with Crippen LogP contribution in [0.2, 0.25) is 0 Å². The van der Waals surface area contributed by atoms with E-state index in [0.29, 0.717) is 48.9 Å². The fourth-order valence-corrected chi connectivity index (χ4v) is 4.31. The number of carbonyl (C=O) groups is 2. The minimum Gasteiger partial charge on any atom is -0.337 e. The van der Waals surface area contributed by atoms with Gasteiger partial charge in [0.15, 0.2) is 5.82 Å². The number of tetrazole rings is 1. The molecule has 210 valence electrons. The number of anilines is 2. The summed E-state index contributed by atoms with van der Waals surface area (Å²) in [5.74, 6) is 0.336. The Morgan fingerprint density at radius 1 is 0.850 bits per heavy atom. The van der Waals surface area contributed by atoms with Crippen molar-refractivity contribution in [3.63, 3.8) is 0 Å². The van der Waals surface area contributed by atoms with Crippen LogP contribution in [0.4, 0.5) is 11.5 Å². The van der Waals surface area contributed by atoms with Crippen molar-refractivity contribution in [2.75, 3.05) is 31.5 Å². The second-order valence-electron chi connectivity index (χ2n) is 8.52. The maximum atomic E-state index is 13.0. The van der Waals surface area contributed by atoms with E-state index in [1.807, 2.05) is 64.1 Å². The smallest absolute Gasteiger partial charge is 0.274 e. The molecule has 0 atom stereocenters. The Balaban J connectivity index is 0.000000887. The van der Waals surface area contributed by atoms with Crippen LogP contribution in [0.3, 0.4) is 0 Å². The third kappa shape index (κ3) is 5.75. The van der Waals surface area contributed by atoms with Gasteiger partial charge in [0.05, 0.1) is 11.0 Å². The molecule has 0 radical (unpaired) electrons. The number of rotatable bonds is 4. The molecule has 2 aromatic carbocycles. The van der Waals surface area contributed by atoms with Crippen molar-refractivity contribution in [2.24, 2.45) is 7.05 Å². The summed E-state index contributed by atoms with van der Waals surface area (Å²) in [4.78, 5) is 33.8. The van der Waals surface area contributed by atoms with E-state index in [1.165, 1.54) is 0 Å². The van der Waals surface area contributed by atoms with Crippen LogP contribution in [-0.2, 0) is 7.05 Å². The van der Waals surface area contributed by atoms with Crippen molar-refractivity contribution in [2.45, 2.75) is 27.7 Å². The monoisotopic (exact) mass is 544 g/mol. The molecule has 0 aliphatic carbocycles. The Hall–Kier alpha value is -4.87. The molecule has 1 aliphatic rings. The third-order valence-electron chi connectivity index (χ3n) is 6.20. The molecule has 12 heteroatoms. The van der Waals surface area contributed by atoms with Gasteiger partial charge in [-0.1, -0.05) is 39.8 Å². The minimum absolute atomic E-state index is 0. The highest BCUT2D eigenvalue weighted by atomic mass is 16.2. The second-order valence-corrected chi connectivity index (χ2v) is 8.52. The molecular weight excluding hydrogens is 508 g/mol. The van der Waals surface area contributed by atoms with Crippen LogP contribution in [-0.4, -0.2) is 82.6 Å². The Morgan fingerprint density at radius 2 is 1.50 bits per heavy atom. The molecule has 1 saturated heterocycles. The van der Waals surface area contributed by atoms with Crippen LogP contribution in [0.15, 0.2) is 60.8 Å². The van der Waals surface area contributed by atoms with Crippen LogP contribution < -0.4 is 5.32 Å². The summed E-state index contributed by atoms with van der Waals surface area (Å²) in [6.45, 7) is 9.88. The van der Waals surface area contributed by atoms with Crippen LogP contribution in [0.5, 0.6) is 0 Å². The van der Waals surface area contributed by atoms with Gasteiger partial charge in [0.1, 0.15) is 5.69 Å². The number of para-hydroxylation sites is 2. The Bertz CT molecular complexity index is 1590. The predicted molar refractivity (Wildman–Crippen MR) is 156 cm³/mol. The van der Waals surface area contributed by atoms with Gasteiger partial charge < -0.3 is 15.1 Å². The highest BCUT2D eigenvalue weighted by Crippen LogP contribution is 2.23. The summed E-state index contributed by atoms with van der Waals surface area (Å²) in [6, 6.07) is 16.5. The maximum absolute atomic E-state index is 13.0. The molecule has 0 unspecified atom stereocenters. The van der Waals surface area contributed by atoms with Gasteiger partial charge in [-0.05, 0) is 52.9 Å². The second kappa shape index (κ2) is 12.8. The Kier molecular flexibility index (Phi) is 9.00. The van der Waals surface area contributed by atoms with Crippen molar-refractivity contribution in [1.29, 1.82) is 0 Å². The molecule has 1 N–H and O–H groups in total. The molecule has 6 rings (SSSR count). The highest BCUT2D eigenvalue weighted by Gasteiger charge is 2.26. The lowest BCUT2D eigenvalue weighted by molar-refractivity contribution is 0.0532. The first-order valence-corrected chi connectivity index (χ1v) is 13.5. The first-order valence-electron chi connectivity index (χ1n) is 13.5. The van der Waals surface area contributed by atoms with Gasteiger partial charge in [0.25, 0.3) is 11.8 Å². The van der Waals surface area contributed by atoms with Crippen LogP contribution in [0.25, 0.3) is 16.7 Å². The van der Waals surface area contributed by atoms with Gasteiger partial charge in [-0.2, -0.15) is 9.61 Å². The molecule has 40 heavy (non-hydrogen) atoms. The number of carbonyl (C=O) groups excluding carboxylic acids is 2. The van der Waals surface area contributed by atoms with E-state index < -0.39 is 0 Å². The van der Waals surface area contributed by atoms with Gasteiger partial charge in [-0.25, -0.2) is 4.98 Å². The summed E-state index contributed by atoms with van der Waals surface area (Å²) in [7, 11) is 1.78. The van der Waals surface area contributed by atoms with Crippen molar-refractivity contribution >= 4 is 40.0 Å². The molecule has 0 spiro atoms. The van der Waals surface area contributed by atoms with E-state index in [-0.39, 0.29) is 13.2 Å². The molecule has 4 heterocycles. The summed E-state index contributed by atoms with van der Waals surface area (Å²) >= 11 is 0. The molecular formula is C28H36N10O2. The quantitative estimate of drug-likeness (QED) is 0.359. The Labute approximate surface area is 234 Å². The van der Waals surface area contributed by atoms with Crippen molar-refractivity contribution < 1.29 is 11.0 Å². The van der Waals surface area contributed by atoms with Gasteiger partial charge in [-0.3, -0.25) is 14.3 Å². The lowest BCUT2D eigenvalue weighted by Gasteiger charge is -2.34. The van der Waals surface area contributed by atoms with Gasteiger partial charge >= 0.3 is 0 Å². The number of nitrogens with one attached hydrogen (secondary N) is 1. The van der Waals surface area contributed by atoms with Gasteiger partial charge in [-0.15, -0.1) is 5.10 Å². The predicted octanol–water partition coefficient (Wildman–Crippen LogP) is 4.05. The number of nitrogens with zero attached hydrogens (tertiary/aromatic N) is 9. The Morgan fingerprint density at radius 3 is 2.15 bits per heavy atom. The van der Waals surface area contributed by atoms with E-state index in [9.17, 15) is 9.59 Å². The normalized spacial score (nSPS) is 12.8. The van der Waals surface area contributed by atoms with Gasteiger partial charge in [0.2, 0.25) is 5.65 Å². The van der Waals surface area contributed by atoms with Gasteiger partial charge in [0, 0.05) is 52.1 Å². The SMILES string of the molecule is CC.CC.Cn1ccc(C(=O)N2CCN(C(=O)c3ccc(Nc4nc5ccccc5n5nnnc45)cc3)CC2)n1.[HH]. The summed E-state index contributed by atoms with van der Waals surface area (Å²) in [6.07, 6.45) is 1.74. The average molecular weight is 545 g/mol. The van der Waals surface area contributed by atoms with Crippen molar-refractivity contribution in [3.05, 3.63) is 72.1 Å². The number of aryl methyl sites for hydroxylation is 1. The molecule has 0 saturated carbocycles. The summed E-state index contributed by atoms with van der Waals surface area (Å²) < 4.78 is 3.24. The maximum Gasteiger partial charge on any atom is 0.274 e. The zero-order valence-corrected chi connectivity index (χ0v) is 23.4. The van der Waals surface area contributed by atoms with Crippen molar-refractivity contribution in [1.82, 2.24) is 44.6 Å². The fourth-order valence-electron chi connectivity index (χ4n) is 4.31. The van der Waals surface area contributed by atoms with Crippen LogP contribution >= 0.6 is 0 Å². The summed E-state index contributed by atoms with van der Waals surface area (Å²) in [5.41, 5.74) is 3.82. The van der Waals surface area contributed by atoms with E-state index in [4.69, 9.17) is 0 Å². The zero-order chi connectivity index (χ0) is 28.6. The number of piperazine rings is 1. The lowest BCUT2D eigenvalue weighted by atomic mass is 10.1. The molecule has 0 bridgehead atoms. The molecule has 3 aromatic heterocycles. The average Bonchev–Trinajstić information content (AvgIpc) is 3.69. The van der Waals surface area contributed by atoms with E-state index in [1.54, 1.807) is 50.4 Å². The van der Waals surface area contributed by atoms with E-state index in [2.05, 4.69) is 30.9 Å². The number of aromatic nitrogens is 7.